The van der Waals surface area contributed by atoms with E-state index in [4.69, 9.17) is 9.47 Å². The van der Waals surface area contributed by atoms with E-state index in [-0.39, 0.29) is 17.0 Å². The van der Waals surface area contributed by atoms with Gasteiger partial charge in [-0.3, -0.25) is 4.79 Å². The monoisotopic (exact) mass is 618 g/mol. The number of hydrogen-bond acceptors (Lipinski definition) is 7. The Hall–Kier alpha value is -6.20. The lowest BCUT2D eigenvalue weighted by Crippen LogP contribution is -2.45. The molecule has 1 saturated heterocycles. The number of rotatable bonds is 8. The number of nitrogens with zero attached hydrogens (tertiary/aromatic N) is 3. The van der Waals surface area contributed by atoms with Crippen LogP contribution in [0, 0.1) is 34.4 Å². The molecule has 1 heterocycles. The summed E-state index contributed by atoms with van der Waals surface area (Å²) < 4.78 is 24.5. The molecular weight excluding hydrogens is 591 g/mol. The molecule has 0 saturated carbocycles. The fraction of sp³-hybridized carbons (Fsp3) is 0.171. The Morgan fingerprint density at radius 3 is 1.91 bits per heavy atom. The van der Waals surface area contributed by atoms with Gasteiger partial charge in [0.15, 0.2) is 17.3 Å². The molecule has 1 fully saturated rings. The van der Waals surface area contributed by atoms with Crippen LogP contribution in [0.3, 0.4) is 0 Å². The fourth-order valence-corrected chi connectivity index (χ4v) is 5.94. The highest BCUT2D eigenvalue weighted by Crippen LogP contribution is 2.52. The minimum atomic E-state index is -1.58. The number of Topliss-reactive ketones (excluding diaryl/α,β-unsaturated/α-hetero) is 1. The summed E-state index contributed by atoms with van der Waals surface area (Å²) in [6.07, 6.45) is 0. The van der Waals surface area contributed by atoms with Crippen LogP contribution < -0.4 is 14.8 Å². The Morgan fingerprint density at radius 2 is 1.37 bits per heavy atom. The van der Waals surface area contributed by atoms with E-state index in [0.717, 1.165) is 17.0 Å². The van der Waals surface area contributed by atoms with Crippen LogP contribution in [0.15, 0.2) is 91.0 Å². The van der Waals surface area contributed by atoms with Crippen LogP contribution >= 0.6 is 0 Å². The third-order valence-electron chi connectivity index (χ3n) is 8.02. The zero-order valence-corrected chi connectivity index (χ0v) is 24.7. The van der Waals surface area contributed by atoms with Gasteiger partial charge in [0.1, 0.15) is 11.9 Å². The molecule has 0 spiro atoms. The predicted molar refractivity (Wildman–Crippen MR) is 164 cm³/mol. The van der Waals surface area contributed by atoms with Gasteiger partial charge in [-0.15, -0.1) is 0 Å². The van der Waals surface area contributed by atoms with Crippen LogP contribution in [-0.4, -0.2) is 48.1 Å². The van der Waals surface area contributed by atoms with E-state index in [9.17, 15) is 34.4 Å². The molecule has 10 nitrogen and oxygen atoms in total. The van der Waals surface area contributed by atoms with E-state index in [1.807, 2.05) is 12.1 Å². The molecule has 1 aliphatic heterocycles. The lowest BCUT2D eigenvalue weighted by molar-refractivity contribution is -0.142. The normalized spacial score (nSPS) is 18.6. The maximum atomic E-state index is 14.6. The summed E-state index contributed by atoms with van der Waals surface area (Å²) >= 11 is 0. The molecule has 0 aliphatic carbocycles. The number of carbonyl (C=O) groups is 3. The first-order valence-electron chi connectivity index (χ1n) is 14.0. The number of halogens is 1. The maximum Gasteiger partial charge on any atom is 0.327 e. The highest BCUT2D eigenvalue weighted by molar-refractivity contribution is 6.02. The van der Waals surface area contributed by atoms with E-state index < -0.39 is 47.5 Å². The van der Waals surface area contributed by atoms with Crippen molar-refractivity contribution in [2.24, 2.45) is 5.92 Å². The second kappa shape index (κ2) is 13.2. The fourth-order valence-electron chi connectivity index (χ4n) is 5.94. The smallest absolute Gasteiger partial charge is 0.327 e. The Labute approximate surface area is 263 Å². The molecule has 46 heavy (non-hydrogen) atoms. The second-order valence-corrected chi connectivity index (χ2v) is 10.5. The predicted octanol–water partition coefficient (Wildman–Crippen LogP) is 5.91. The highest BCUT2D eigenvalue weighted by atomic mass is 19.1. The minimum Gasteiger partial charge on any atom is -0.493 e. The van der Waals surface area contributed by atoms with Crippen molar-refractivity contribution >= 4 is 23.5 Å². The first-order chi connectivity index (χ1) is 22.2. The Balaban J connectivity index is 1.75. The van der Waals surface area contributed by atoms with Gasteiger partial charge in [0.05, 0.1) is 49.4 Å². The zero-order chi connectivity index (χ0) is 33.0. The largest absolute Gasteiger partial charge is 0.493 e. The lowest BCUT2D eigenvalue weighted by atomic mass is 9.76. The average Bonchev–Trinajstić information content (AvgIpc) is 3.45. The van der Waals surface area contributed by atoms with Gasteiger partial charge in [0.2, 0.25) is 0 Å². The number of carbonyl (C=O) groups excluding carboxylic acids is 2. The Kier molecular flexibility index (Phi) is 8.96. The second-order valence-electron chi connectivity index (χ2n) is 10.5. The number of carboxylic acids is 1. The number of ether oxygens (including phenoxy) is 2. The van der Waals surface area contributed by atoms with Gasteiger partial charge < -0.3 is 24.8 Å². The van der Waals surface area contributed by atoms with Crippen molar-refractivity contribution in [3.8, 4) is 23.6 Å². The lowest BCUT2D eigenvalue weighted by Gasteiger charge is -2.30. The number of ketones is 1. The van der Waals surface area contributed by atoms with Crippen LogP contribution in [0.1, 0.15) is 44.6 Å². The number of aliphatic carboxylic acids is 1. The van der Waals surface area contributed by atoms with Crippen molar-refractivity contribution in [3.05, 3.63) is 125 Å². The molecule has 4 unspecified atom stereocenters. The number of urea groups is 1. The van der Waals surface area contributed by atoms with E-state index >= 15 is 0 Å². The summed E-state index contributed by atoms with van der Waals surface area (Å²) in [6, 6.07) is 22.4. The summed E-state index contributed by atoms with van der Waals surface area (Å²) in [4.78, 5) is 43.0. The van der Waals surface area contributed by atoms with E-state index in [1.165, 1.54) is 62.8 Å². The van der Waals surface area contributed by atoms with Crippen molar-refractivity contribution in [2.75, 3.05) is 19.5 Å². The number of nitriles is 2. The number of carboxylic acid groups (broad SMARTS) is 1. The standard InChI is InChI=1S/C35H27FN4O6/c1-45-27-16-11-24(17-28(27)46-2)29-30(33(41)23-9-5-21(19-38)6-10-23)31(22-7-3-20(18-37)4-8-22)40(32(29)34(42)43)35(44)39-26-14-12-25(36)13-15-26/h3-17,29-32H,1-2H3,(H,39,44)(H,42,43). The number of likely N-dealkylation sites (tertiary alicyclic amines) is 1. The van der Waals surface area contributed by atoms with E-state index in [2.05, 4.69) is 5.32 Å². The molecule has 4 aromatic carbocycles. The molecule has 5 rings (SSSR count). The molecule has 4 aromatic rings. The van der Waals surface area contributed by atoms with E-state index in [1.54, 1.807) is 30.3 Å². The summed E-state index contributed by atoms with van der Waals surface area (Å²) in [5.41, 5.74) is 1.87. The first kappa shape index (κ1) is 31.2. The minimum absolute atomic E-state index is 0.207. The quantitative estimate of drug-likeness (QED) is 0.231. The Bertz CT molecular complexity index is 1860. The summed E-state index contributed by atoms with van der Waals surface area (Å²) in [7, 11) is 2.87. The van der Waals surface area contributed by atoms with E-state index in [0.29, 0.717) is 28.0 Å². The number of anilines is 1. The molecule has 4 atom stereocenters. The Morgan fingerprint density at radius 1 is 0.804 bits per heavy atom. The van der Waals surface area contributed by atoms with Gasteiger partial charge in [-0.1, -0.05) is 30.3 Å². The average molecular weight is 619 g/mol. The van der Waals surface area contributed by atoms with Crippen LogP contribution in [0.5, 0.6) is 11.5 Å². The molecule has 1 aliphatic rings. The van der Waals surface area contributed by atoms with Crippen molar-refractivity contribution < 1.29 is 33.4 Å². The number of amides is 2. The molecule has 230 valence electrons. The van der Waals surface area contributed by atoms with Gasteiger partial charge in [-0.25, -0.2) is 14.0 Å². The molecule has 2 N–H and O–H groups in total. The van der Waals surface area contributed by atoms with Gasteiger partial charge in [0, 0.05) is 17.2 Å². The maximum absolute atomic E-state index is 14.6. The highest BCUT2D eigenvalue weighted by Gasteiger charge is 2.58. The third kappa shape index (κ3) is 5.94. The molecule has 11 heteroatoms. The van der Waals surface area contributed by atoms with Crippen LogP contribution in [-0.2, 0) is 4.79 Å². The summed E-state index contributed by atoms with van der Waals surface area (Å²) in [5, 5.41) is 32.1. The number of benzene rings is 4. The van der Waals surface area contributed by atoms with Crippen LogP contribution in [0.4, 0.5) is 14.9 Å². The van der Waals surface area contributed by atoms with Crippen molar-refractivity contribution in [2.45, 2.75) is 18.0 Å². The number of hydrogen-bond donors (Lipinski definition) is 2. The van der Waals surface area contributed by atoms with Crippen LogP contribution in [0.25, 0.3) is 0 Å². The SMILES string of the molecule is COc1ccc(C2C(C(=O)c3ccc(C#N)cc3)C(c3ccc(C#N)cc3)N(C(=O)Nc3ccc(F)cc3)C2C(=O)O)cc1OC. The molecular formula is C35H27FN4O6. The molecule has 0 aromatic heterocycles. The van der Waals surface area contributed by atoms with Crippen molar-refractivity contribution in [1.29, 1.82) is 10.5 Å². The van der Waals surface area contributed by atoms with Gasteiger partial charge in [-0.05, 0) is 71.8 Å². The topological polar surface area (TPSA) is 153 Å². The number of nitrogens with one attached hydrogen (secondary N) is 1. The zero-order valence-electron chi connectivity index (χ0n) is 24.7. The summed E-state index contributed by atoms with van der Waals surface area (Å²) in [5.74, 6) is -3.98. The van der Waals surface area contributed by atoms with Crippen molar-refractivity contribution in [3.63, 3.8) is 0 Å². The summed E-state index contributed by atoms with van der Waals surface area (Å²) in [6.45, 7) is 0. The number of methoxy groups -OCH3 is 2. The van der Waals surface area contributed by atoms with Gasteiger partial charge in [0.25, 0.3) is 0 Å². The van der Waals surface area contributed by atoms with Gasteiger partial charge >= 0.3 is 12.0 Å². The molecule has 0 radical (unpaired) electrons. The van der Waals surface area contributed by atoms with Crippen LogP contribution in [0.2, 0.25) is 0 Å². The van der Waals surface area contributed by atoms with Crippen molar-refractivity contribution in [1.82, 2.24) is 4.90 Å². The first-order valence-corrected chi connectivity index (χ1v) is 14.0. The molecule has 0 bridgehead atoms. The molecule has 2 amide bonds. The third-order valence-corrected chi connectivity index (χ3v) is 8.02. The van der Waals surface area contributed by atoms with Gasteiger partial charge in [-0.2, -0.15) is 10.5 Å².